The molecule has 0 saturated carbocycles. The smallest absolute Gasteiger partial charge is 0.306 e. The molecule has 0 rings (SSSR count). The second-order valence-corrected chi connectivity index (χ2v) is 25.0. The number of nitrogens with zero attached hydrogens (tertiary/aromatic N) is 1. The maximum atomic E-state index is 13.6. The van der Waals surface area contributed by atoms with Crippen LogP contribution in [0.4, 0.5) is 0 Å². The van der Waals surface area contributed by atoms with Crippen LogP contribution in [0.5, 0.6) is 0 Å². The third-order valence-corrected chi connectivity index (χ3v) is 15.6. The number of amides is 1. The summed E-state index contributed by atoms with van der Waals surface area (Å²) < 4.78 is 30.3. The van der Waals surface area contributed by atoms with Crippen molar-refractivity contribution >= 4 is 19.7 Å². The number of phosphoric acid groups is 1. The van der Waals surface area contributed by atoms with Gasteiger partial charge in [-0.25, -0.2) is 0 Å². The number of hydrogen-bond donors (Lipinski definition) is 1. The Kier molecular flexibility index (Phi) is 56.2. The summed E-state index contributed by atoms with van der Waals surface area (Å²) in [5, 5.41) is 3.03. The quantitative estimate of drug-likeness (QED) is 0.0212. The molecule has 0 spiro atoms. The molecule has 1 amide bonds. The van der Waals surface area contributed by atoms with E-state index in [1.54, 1.807) is 0 Å². The van der Waals surface area contributed by atoms with Gasteiger partial charge in [-0.05, 0) is 89.5 Å². The first-order valence-electron chi connectivity index (χ1n) is 33.1. The molecule has 3 atom stereocenters. The summed E-state index contributed by atoms with van der Waals surface area (Å²) >= 11 is 0. The Hall–Kier alpha value is -2.29. The molecule has 0 aromatic heterocycles. The molecule has 0 aromatic rings. The van der Waals surface area contributed by atoms with E-state index in [4.69, 9.17) is 13.8 Å². The topological polar surface area (TPSA) is 114 Å². The first-order valence-corrected chi connectivity index (χ1v) is 34.6. The SMILES string of the molecule is CC/C=C/C/C=C/CCCCCCCCCC(=O)OC(/C=C\CCCCCCCCCCC)C(COP(=O)([O-])OCC[N+](C)(C)C)NC(=O)CCCCCCCCCCCCCCCCCCC/C=C\C/C=C\CCCCC. The summed E-state index contributed by atoms with van der Waals surface area (Å²) in [5.41, 5.74) is 0. The van der Waals surface area contributed by atoms with E-state index in [2.05, 4.69) is 74.7 Å². The number of phosphoric ester groups is 1. The summed E-state index contributed by atoms with van der Waals surface area (Å²) in [4.78, 5) is 40.0. The highest BCUT2D eigenvalue weighted by Gasteiger charge is 2.27. The minimum atomic E-state index is -4.70. The van der Waals surface area contributed by atoms with Gasteiger partial charge in [-0.3, -0.25) is 14.2 Å². The Morgan fingerprint density at radius 1 is 0.462 bits per heavy atom. The zero-order valence-electron chi connectivity index (χ0n) is 52.1. The monoisotopic (exact) mass is 1110 g/mol. The highest BCUT2D eigenvalue weighted by molar-refractivity contribution is 7.45. The van der Waals surface area contributed by atoms with Gasteiger partial charge in [0.25, 0.3) is 7.82 Å². The molecule has 9 nitrogen and oxygen atoms in total. The number of carbonyl (C=O) groups excluding carboxylic acids is 2. The predicted octanol–water partition coefficient (Wildman–Crippen LogP) is 20.0. The lowest BCUT2D eigenvalue weighted by molar-refractivity contribution is -0.870. The number of unbranched alkanes of at least 4 members (excludes halogenated alkanes) is 36. The van der Waals surface area contributed by atoms with Gasteiger partial charge in [0.05, 0.1) is 33.8 Å². The van der Waals surface area contributed by atoms with Crippen molar-refractivity contribution in [1.82, 2.24) is 5.32 Å². The van der Waals surface area contributed by atoms with Crippen LogP contribution in [0.2, 0.25) is 0 Å². The fourth-order valence-electron chi connectivity index (χ4n) is 9.59. The van der Waals surface area contributed by atoms with Crippen molar-refractivity contribution in [3.63, 3.8) is 0 Å². The van der Waals surface area contributed by atoms with E-state index in [0.29, 0.717) is 17.4 Å². The number of likely N-dealkylation sites (N-methyl/N-ethyl adjacent to an activating group) is 1. The van der Waals surface area contributed by atoms with Gasteiger partial charge in [-0.1, -0.05) is 268 Å². The van der Waals surface area contributed by atoms with E-state index in [-0.39, 0.29) is 31.5 Å². The molecule has 1 N–H and O–H groups in total. The first-order chi connectivity index (χ1) is 37.9. The van der Waals surface area contributed by atoms with Crippen LogP contribution >= 0.6 is 7.82 Å². The molecular formula is C68H127N2O7P. The maximum Gasteiger partial charge on any atom is 0.306 e. The molecule has 456 valence electrons. The van der Waals surface area contributed by atoms with Crippen molar-refractivity contribution in [2.45, 2.75) is 322 Å². The summed E-state index contributed by atoms with van der Waals surface area (Å²) in [6.07, 6.45) is 73.5. The van der Waals surface area contributed by atoms with Gasteiger partial charge in [0.1, 0.15) is 19.3 Å². The molecule has 78 heavy (non-hydrogen) atoms. The zero-order chi connectivity index (χ0) is 57.2. The van der Waals surface area contributed by atoms with Crippen molar-refractivity contribution < 1.29 is 37.3 Å². The second kappa shape index (κ2) is 57.9. The van der Waals surface area contributed by atoms with Gasteiger partial charge >= 0.3 is 5.97 Å². The molecule has 0 heterocycles. The molecule has 0 bridgehead atoms. The molecule has 0 aliphatic heterocycles. The van der Waals surface area contributed by atoms with Crippen molar-refractivity contribution in [3.8, 4) is 0 Å². The van der Waals surface area contributed by atoms with Crippen LogP contribution in [-0.2, 0) is 27.9 Å². The van der Waals surface area contributed by atoms with Crippen LogP contribution in [0.1, 0.15) is 310 Å². The first kappa shape index (κ1) is 75.7. The number of ether oxygens (including phenoxy) is 1. The fraction of sp³-hybridized carbons (Fsp3) is 0.824. The summed E-state index contributed by atoms with van der Waals surface area (Å²) in [7, 11) is 1.19. The third-order valence-electron chi connectivity index (χ3n) is 14.7. The van der Waals surface area contributed by atoms with E-state index in [1.807, 2.05) is 33.3 Å². The van der Waals surface area contributed by atoms with Crippen LogP contribution in [0.15, 0.2) is 60.8 Å². The Balaban J connectivity index is 4.97. The van der Waals surface area contributed by atoms with Crippen molar-refractivity contribution in [2.75, 3.05) is 40.9 Å². The van der Waals surface area contributed by atoms with Gasteiger partial charge in [0, 0.05) is 12.8 Å². The molecule has 10 heteroatoms. The minimum absolute atomic E-state index is 0.0235. The minimum Gasteiger partial charge on any atom is -0.756 e. The van der Waals surface area contributed by atoms with E-state index in [1.165, 1.54) is 186 Å². The predicted molar refractivity (Wildman–Crippen MR) is 335 cm³/mol. The second-order valence-electron chi connectivity index (χ2n) is 23.6. The van der Waals surface area contributed by atoms with Crippen molar-refractivity contribution in [1.29, 1.82) is 0 Å². The average molecular weight is 1120 g/mol. The standard InChI is InChI=1S/C68H127N2O7P/c1-7-10-13-16-19-22-25-27-29-30-31-32-33-34-35-36-37-38-39-40-41-42-45-48-51-54-57-60-67(71)69-65(64-76-78(73,74)75-63-62-70(4,5)6)66(59-56-53-50-47-44-24-21-18-15-12-9-3)77-68(72)61-58-55-52-49-46-43-28-26-23-20-17-14-11-8-2/h11,14,19-20,22-23,27,29,56,59,65-66H,7-10,12-13,15-18,21,24-26,28,30-55,57-58,60-64H2,1-6H3,(H-,69,71,73,74)/b14-11+,22-19-,23-20+,29-27-,59-56-. The van der Waals surface area contributed by atoms with E-state index < -0.39 is 20.0 Å². The lowest BCUT2D eigenvalue weighted by Crippen LogP contribution is -2.47. The van der Waals surface area contributed by atoms with Crippen LogP contribution in [0.25, 0.3) is 0 Å². The van der Waals surface area contributed by atoms with Gasteiger partial charge in [-0.15, -0.1) is 0 Å². The lowest BCUT2D eigenvalue weighted by Gasteiger charge is -2.30. The normalized spacial score (nSPS) is 14.0. The number of quaternary nitrogens is 1. The summed E-state index contributed by atoms with van der Waals surface area (Å²) in [6, 6.07) is -0.891. The zero-order valence-corrected chi connectivity index (χ0v) is 53.0. The Morgan fingerprint density at radius 3 is 1.24 bits per heavy atom. The fourth-order valence-corrected chi connectivity index (χ4v) is 10.3. The Morgan fingerprint density at radius 2 is 0.821 bits per heavy atom. The molecule has 3 unspecified atom stereocenters. The number of esters is 1. The summed E-state index contributed by atoms with van der Waals surface area (Å²) in [5.74, 6) is -0.542. The Bertz CT molecular complexity index is 1520. The lowest BCUT2D eigenvalue weighted by atomic mass is 10.0. The van der Waals surface area contributed by atoms with Gasteiger partial charge < -0.3 is 28.5 Å². The number of carbonyl (C=O) groups is 2. The molecule has 0 fully saturated rings. The number of nitrogens with one attached hydrogen (secondary N) is 1. The van der Waals surface area contributed by atoms with Gasteiger partial charge in [0.15, 0.2) is 0 Å². The largest absolute Gasteiger partial charge is 0.756 e. The molecular weight excluding hydrogens is 988 g/mol. The Labute approximate surface area is 483 Å². The van der Waals surface area contributed by atoms with Crippen LogP contribution in [0, 0.1) is 0 Å². The molecule has 0 radical (unpaired) electrons. The highest BCUT2D eigenvalue weighted by Crippen LogP contribution is 2.38. The molecule has 0 aromatic carbocycles. The van der Waals surface area contributed by atoms with Crippen LogP contribution in [-0.4, -0.2) is 69.4 Å². The van der Waals surface area contributed by atoms with E-state index in [0.717, 1.165) is 89.9 Å². The summed E-state index contributed by atoms with van der Waals surface area (Å²) in [6.45, 7) is 6.73. The van der Waals surface area contributed by atoms with E-state index >= 15 is 0 Å². The molecule has 0 aliphatic rings. The third kappa shape index (κ3) is 58.4. The van der Waals surface area contributed by atoms with Crippen molar-refractivity contribution in [2.24, 2.45) is 0 Å². The molecule has 0 saturated heterocycles. The van der Waals surface area contributed by atoms with Gasteiger partial charge in [0.2, 0.25) is 5.91 Å². The van der Waals surface area contributed by atoms with E-state index in [9.17, 15) is 19.0 Å². The number of allylic oxidation sites excluding steroid dienone is 9. The van der Waals surface area contributed by atoms with Crippen LogP contribution in [0.3, 0.4) is 0 Å². The van der Waals surface area contributed by atoms with Crippen LogP contribution < -0.4 is 10.2 Å². The molecule has 0 aliphatic carbocycles. The van der Waals surface area contributed by atoms with Crippen molar-refractivity contribution in [3.05, 3.63) is 60.8 Å². The maximum absolute atomic E-state index is 13.6. The highest BCUT2D eigenvalue weighted by atomic mass is 31.2. The number of hydrogen-bond acceptors (Lipinski definition) is 7. The average Bonchev–Trinajstić information content (AvgIpc) is 3.40. The van der Waals surface area contributed by atoms with Gasteiger partial charge in [-0.2, -0.15) is 0 Å². The number of rotatable bonds is 60.